The van der Waals surface area contributed by atoms with Gasteiger partial charge in [0.2, 0.25) is 5.82 Å². The normalized spacial score (nSPS) is 24.1. The van der Waals surface area contributed by atoms with Gasteiger partial charge in [-0.25, -0.2) is 9.97 Å². The van der Waals surface area contributed by atoms with E-state index in [2.05, 4.69) is 25.4 Å². The molecule has 17 heavy (non-hydrogen) atoms. The highest BCUT2D eigenvalue weighted by Crippen LogP contribution is 2.27. The largest absolute Gasteiger partial charge is 0.379 e. The highest BCUT2D eigenvalue weighted by Gasteiger charge is 2.38. The monoisotopic (exact) mass is 233 g/mol. The summed E-state index contributed by atoms with van der Waals surface area (Å²) >= 11 is 0. The second-order valence-electron chi connectivity index (χ2n) is 3.98. The molecule has 1 unspecified atom stereocenters. The molecule has 1 aliphatic rings. The Hall–Kier alpha value is -1.86. The van der Waals surface area contributed by atoms with E-state index < -0.39 is 5.60 Å². The van der Waals surface area contributed by atoms with Crippen molar-refractivity contribution in [1.29, 1.82) is 0 Å². The molecule has 88 valence electrons. The predicted octanol–water partition coefficient (Wildman–Crippen LogP) is -0.293. The second-order valence-corrected chi connectivity index (χ2v) is 3.98. The van der Waals surface area contributed by atoms with Crippen molar-refractivity contribution in [3.63, 3.8) is 0 Å². The van der Waals surface area contributed by atoms with Gasteiger partial charge in [-0.15, -0.1) is 0 Å². The van der Waals surface area contributed by atoms with Gasteiger partial charge in [-0.1, -0.05) is 5.16 Å². The third-order valence-corrected chi connectivity index (χ3v) is 2.77. The van der Waals surface area contributed by atoms with E-state index in [9.17, 15) is 5.11 Å². The van der Waals surface area contributed by atoms with Crippen LogP contribution in [0.1, 0.15) is 12.3 Å². The van der Waals surface area contributed by atoms with Crippen molar-refractivity contribution < 1.29 is 9.63 Å². The summed E-state index contributed by atoms with van der Waals surface area (Å²) in [5.74, 6) is 0.596. The maximum Gasteiger partial charge on any atom is 0.260 e. The average Bonchev–Trinajstić information content (AvgIpc) is 2.99. The van der Waals surface area contributed by atoms with Crippen LogP contribution in [0.5, 0.6) is 0 Å². The summed E-state index contributed by atoms with van der Waals surface area (Å²) in [6.45, 7) is 1.17. The first-order valence-corrected chi connectivity index (χ1v) is 5.32. The number of aromatic nitrogens is 4. The Labute approximate surface area is 96.9 Å². The van der Waals surface area contributed by atoms with Crippen LogP contribution in [-0.2, 0) is 5.60 Å². The molecule has 0 spiro atoms. The third kappa shape index (κ3) is 1.79. The van der Waals surface area contributed by atoms with Gasteiger partial charge >= 0.3 is 0 Å². The molecule has 0 aliphatic carbocycles. The molecular formula is C10H11N5O2. The van der Waals surface area contributed by atoms with Gasteiger partial charge in [-0.05, 0) is 19.0 Å². The zero-order valence-corrected chi connectivity index (χ0v) is 9.00. The molecule has 7 heteroatoms. The van der Waals surface area contributed by atoms with Gasteiger partial charge in [0.05, 0.1) is 0 Å². The minimum atomic E-state index is -1.06. The first-order chi connectivity index (χ1) is 8.28. The molecule has 2 aromatic heterocycles. The summed E-state index contributed by atoms with van der Waals surface area (Å²) in [5, 5.41) is 17.1. The van der Waals surface area contributed by atoms with Gasteiger partial charge in [-0.3, -0.25) is 0 Å². The van der Waals surface area contributed by atoms with E-state index in [1.165, 1.54) is 6.33 Å². The molecule has 1 aliphatic heterocycles. The van der Waals surface area contributed by atoms with E-state index in [4.69, 9.17) is 4.52 Å². The smallest absolute Gasteiger partial charge is 0.260 e. The summed E-state index contributed by atoms with van der Waals surface area (Å²) in [5.41, 5.74) is -0.484. The van der Waals surface area contributed by atoms with Crippen LogP contribution in [0.15, 0.2) is 23.1 Å². The Morgan fingerprint density at radius 1 is 1.47 bits per heavy atom. The highest BCUT2D eigenvalue weighted by molar-refractivity contribution is 5.46. The number of aliphatic hydroxyl groups is 1. The van der Waals surface area contributed by atoms with Crippen LogP contribution in [0.4, 0.5) is 0 Å². The van der Waals surface area contributed by atoms with Gasteiger partial charge in [0.15, 0.2) is 5.60 Å². The molecule has 2 aromatic rings. The molecule has 1 fully saturated rings. The van der Waals surface area contributed by atoms with Crippen molar-refractivity contribution in [3.05, 3.63) is 24.5 Å². The second kappa shape index (κ2) is 3.86. The van der Waals surface area contributed by atoms with Crippen LogP contribution in [0, 0.1) is 0 Å². The SMILES string of the molecule is OC1(c2nc(-c3ccncn3)no2)CCNC1. The molecule has 0 saturated carbocycles. The minimum absolute atomic E-state index is 0.233. The molecule has 0 bridgehead atoms. The lowest BCUT2D eigenvalue weighted by Gasteiger charge is -2.14. The summed E-state index contributed by atoms with van der Waals surface area (Å²) in [6, 6.07) is 1.69. The van der Waals surface area contributed by atoms with Crippen molar-refractivity contribution in [2.45, 2.75) is 12.0 Å². The molecular weight excluding hydrogens is 222 g/mol. The summed E-state index contributed by atoms with van der Waals surface area (Å²) in [6.07, 6.45) is 3.58. The number of nitrogens with zero attached hydrogens (tertiary/aromatic N) is 4. The third-order valence-electron chi connectivity index (χ3n) is 2.77. The van der Waals surface area contributed by atoms with E-state index in [0.717, 1.165) is 6.54 Å². The van der Waals surface area contributed by atoms with Gasteiger partial charge in [0.1, 0.15) is 12.0 Å². The number of β-amino-alcohol motifs (C(OH)–C–C–N with tert-alkyl or cyclic N) is 1. The molecule has 0 aromatic carbocycles. The van der Waals surface area contributed by atoms with Crippen LogP contribution in [0.2, 0.25) is 0 Å². The topological polar surface area (TPSA) is 97.0 Å². The van der Waals surface area contributed by atoms with Crippen molar-refractivity contribution >= 4 is 0 Å². The van der Waals surface area contributed by atoms with E-state index in [-0.39, 0.29) is 5.89 Å². The Bertz CT molecular complexity index is 506. The van der Waals surface area contributed by atoms with Gasteiger partial charge < -0.3 is 14.9 Å². The van der Waals surface area contributed by atoms with E-state index in [1.807, 2.05) is 0 Å². The molecule has 3 heterocycles. The molecule has 0 radical (unpaired) electrons. The van der Waals surface area contributed by atoms with Gasteiger partial charge in [-0.2, -0.15) is 4.98 Å². The first kappa shape index (κ1) is 10.3. The Balaban J connectivity index is 1.93. The molecule has 7 nitrogen and oxygen atoms in total. The zero-order valence-electron chi connectivity index (χ0n) is 9.00. The fraction of sp³-hybridized carbons (Fsp3) is 0.400. The predicted molar refractivity (Wildman–Crippen MR) is 56.7 cm³/mol. The number of nitrogens with one attached hydrogen (secondary N) is 1. The maximum atomic E-state index is 10.2. The molecule has 3 rings (SSSR count). The lowest BCUT2D eigenvalue weighted by Crippen LogP contribution is -2.28. The highest BCUT2D eigenvalue weighted by atomic mass is 16.5. The van der Waals surface area contributed by atoms with Gasteiger partial charge in [0, 0.05) is 12.7 Å². The average molecular weight is 233 g/mol. The van der Waals surface area contributed by atoms with Crippen LogP contribution in [-0.4, -0.2) is 38.3 Å². The van der Waals surface area contributed by atoms with Crippen molar-refractivity contribution in [2.24, 2.45) is 0 Å². The van der Waals surface area contributed by atoms with E-state index >= 15 is 0 Å². The Morgan fingerprint density at radius 3 is 3.12 bits per heavy atom. The van der Waals surface area contributed by atoms with Gasteiger partial charge in [0.25, 0.3) is 5.89 Å². The molecule has 0 amide bonds. The van der Waals surface area contributed by atoms with Crippen molar-refractivity contribution in [3.8, 4) is 11.5 Å². The molecule has 1 saturated heterocycles. The van der Waals surface area contributed by atoms with E-state index in [0.29, 0.717) is 24.5 Å². The number of hydrogen-bond donors (Lipinski definition) is 2. The first-order valence-electron chi connectivity index (χ1n) is 5.32. The number of hydrogen-bond acceptors (Lipinski definition) is 7. The zero-order chi connectivity index (χ0) is 11.7. The lowest BCUT2D eigenvalue weighted by atomic mass is 10.0. The van der Waals surface area contributed by atoms with Crippen molar-refractivity contribution in [2.75, 3.05) is 13.1 Å². The van der Waals surface area contributed by atoms with E-state index in [1.54, 1.807) is 12.3 Å². The fourth-order valence-corrected chi connectivity index (χ4v) is 1.80. The Kier molecular flexibility index (Phi) is 2.34. The Morgan fingerprint density at radius 2 is 2.41 bits per heavy atom. The van der Waals surface area contributed by atoms with Crippen LogP contribution >= 0.6 is 0 Å². The van der Waals surface area contributed by atoms with Crippen LogP contribution in [0.25, 0.3) is 11.5 Å². The maximum absolute atomic E-state index is 10.2. The summed E-state index contributed by atoms with van der Waals surface area (Å²) < 4.78 is 5.09. The van der Waals surface area contributed by atoms with Crippen LogP contribution in [0.3, 0.4) is 0 Å². The minimum Gasteiger partial charge on any atom is -0.379 e. The summed E-state index contributed by atoms with van der Waals surface area (Å²) in [4.78, 5) is 12.0. The lowest BCUT2D eigenvalue weighted by molar-refractivity contribution is 0.0243. The van der Waals surface area contributed by atoms with Crippen LogP contribution < -0.4 is 5.32 Å². The molecule has 2 N–H and O–H groups in total. The molecule has 1 atom stereocenters. The number of rotatable bonds is 2. The quantitative estimate of drug-likeness (QED) is 0.735. The summed E-state index contributed by atoms with van der Waals surface area (Å²) in [7, 11) is 0. The standard InChI is InChI=1S/C10H11N5O2/c16-10(2-4-11-5-10)9-14-8(15-17-9)7-1-3-12-6-13-7/h1,3,6,11,16H,2,4-5H2. The van der Waals surface area contributed by atoms with Crippen molar-refractivity contribution in [1.82, 2.24) is 25.4 Å². The fourth-order valence-electron chi connectivity index (χ4n) is 1.80.